The lowest BCUT2D eigenvalue weighted by Crippen LogP contribution is -2.37. The molecule has 1 unspecified atom stereocenters. The normalized spacial score (nSPS) is 13.0. The van der Waals surface area contributed by atoms with Crippen molar-refractivity contribution in [2.24, 2.45) is 17.6 Å². The summed E-state index contributed by atoms with van der Waals surface area (Å²) >= 11 is 6.08. The molecule has 2 aromatic carbocycles. The Labute approximate surface area is 211 Å². The number of carbonyl (C=O) groups is 3. The van der Waals surface area contributed by atoms with E-state index in [-0.39, 0.29) is 25.9 Å². The van der Waals surface area contributed by atoms with E-state index in [0.717, 1.165) is 29.4 Å². The molecule has 2 atom stereocenters. The summed E-state index contributed by atoms with van der Waals surface area (Å²) in [6, 6.07) is 14.9. The van der Waals surface area contributed by atoms with Crippen LogP contribution in [0.2, 0.25) is 5.02 Å². The quantitative estimate of drug-likeness (QED) is 0.306. The minimum absolute atomic E-state index is 0.182. The number of sulfonamides is 1. The molecule has 0 saturated heterocycles. The van der Waals surface area contributed by atoms with Crippen LogP contribution in [0.1, 0.15) is 38.2 Å². The third-order valence-corrected chi connectivity index (χ3v) is 6.23. The number of nitrogens with one attached hydrogen (secondary N) is 1. The zero-order valence-corrected chi connectivity index (χ0v) is 21.4. The number of hydrogen-bond donors (Lipinski definition) is 2. The third-order valence-electron chi connectivity index (χ3n) is 5.39. The second-order valence-corrected chi connectivity index (χ2v) is 10.7. The molecule has 10 heteroatoms. The molecule has 0 aliphatic carbocycles. The standard InChI is InChI=1S/C25H31ClN2O6S/c1-3-4-12-34-25(31)22(16-23(27)29)20(15-24(30)28-35(2,32)33)13-17-8-10-18(11-9-17)19-6-5-7-21(26)14-19/h5-11,14,20,22H,3-4,12-13,15-16H2,1-2H3,(H2,27,29)(H,28,30)/t20-,22?/m1/s1. The lowest BCUT2D eigenvalue weighted by molar-refractivity contribution is -0.152. The number of carbonyl (C=O) groups excluding carboxylic acids is 3. The lowest BCUT2D eigenvalue weighted by atomic mass is 9.81. The van der Waals surface area contributed by atoms with E-state index in [1.807, 2.05) is 54.1 Å². The fourth-order valence-corrected chi connectivity index (χ4v) is 4.42. The predicted molar refractivity (Wildman–Crippen MR) is 135 cm³/mol. The Morgan fingerprint density at radius 3 is 2.31 bits per heavy atom. The summed E-state index contributed by atoms with van der Waals surface area (Å²) in [6.45, 7) is 2.13. The van der Waals surface area contributed by atoms with Gasteiger partial charge >= 0.3 is 5.97 Å². The highest BCUT2D eigenvalue weighted by Crippen LogP contribution is 2.28. The van der Waals surface area contributed by atoms with Crippen molar-refractivity contribution in [3.05, 3.63) is 59.1 Å². The van der Waals surface area contributed by atoms with Gasteiger partial charge in [0.25, 0.3) is 0 Å². The Bertz CT molecular complexity index is 1130. The monoisotopic (exact) mass is 522 g/mol. The van der Waals surface area contributed by atoms with Gasteiger partial charge in [0.15, 0.2) is 0 Å². The highest BCUT2D eigenvalue weighted by atomic mass is 35.5. The average molecular weight is 523 g/mol. The molecule has 0 aromatic heterocycles. The maximum Gasteiger partial charge on any atom is 0.309 e. The van der Waals surface area contributed by atoms with Gasteiger partial charge in [-0.2, -0.15) is 0 Å². The number of nitrogens with two attached hydrogens (primary N) is 1. The van der Waals surface area contributed by atoms with E-state index in [4.69, 9.17) is 22.1 Å². The topological polar surface area (TPSA) is 133 Å². The lowest BCUT2D eigenvalue weighted by Gasteiger charge is -2.25. The third kappa shape index (κ3) is 10.1. The summed E-state index contributed by atoms with van der Waals surface area (Å²) in [4.78, 5) is 37.0. The van der Waals surface area contributed by atoms with Crippen molar-refractivity contribution in [3.8, 4) is 11.1 Å². The van der Waals surface area contributed by atoms with Gasteiger partial charge in [0, 0.05) is 17.9 Å². The summed E-state index contributed by atoms with van der Waals surface area (Å²) < 4.78 is 30.3. The van der Waals surface area contributed by atoms with Gasteiger partial charge in [-0.05, 0) is 47.6 Å². The fourth-order valence-electron chi connectivity index (χ4n) is 3.73. The van der Waals surface area contributed by atoms with Gasteiger partial charge in [-0.1, -0.05) is 61.3 Å². The number of benzene rings is 2. The zero-order valence-electron chi connectivity index (χ0n) is 19.8. The van der Waals surface area contributed by atoms with Gasteiger partial charge in [0.1, 0.15) is 0 Å². The molecule has 0 aliphatic heterocycles. The van der Waals surface area contributed by atoms with Crippen LogP contribution in [-0.2, 0) is 35.6 Å². The van der Waals surface area contributed by atoms with Crippen molar-refractivity contribution in [2.75, 3.05) is 12.9 Å². The van der Waals surface area contributed by atoms with Crippen molar-refractivity contribution < 1.29 is 27.5 Å². The second kappa shape index (κ2) is 13.3. The summed E-state index contributed by atoms with van der Waals surface area (Å²) in [6.07, 6.45) is 1.95. The number of ether oxygens (including phenoxy) is 1. The van der Waals surface area contributed by atoms with Gasteiger partial charge in [0.05, 0.1) is 18.8 Å². The molecule has 0 radical (unpaired) electrons. The van der Waals surface area contributed by atoms with Crippen molar-refractivity contribution >= 4 is 39.4 Å². The first kappa shape index (κ1) is 28.3. The number of unbranched alkanes of at least 4 members (excludes halogenated alkanes) is 1. The van der Waals surface area contributed by atoms with Crippen molar-refractivity contribution in [1.82, 2.24) is 4.72 Å². The molecule has 35 heavy (non-hydrogen) atoms. The smallest absolute Gasteiger partial charge is 0.309 e. The van der Waals surface area contributed by atoms with Gasteiger partial charge < -0.3 is 10.5 Å². The van der Waals surface area contributed by atoms with E-state index < -0.39 is 39.6 Å². The Balaban J connectivity index is 2.31. The van der Waals surface area contributed by atoms with Crippen LogP contribution in [0.4, 0.5) is 0 Å². The van der Waals surface area contributed by atoms with Crippen molar-refractivity contribution in [1.29, 1.82) is 0 Å². The number of esters is 1. The van der Waals surface area contributed by atoms with Crippen LogP contribution in [0.15, 0.2) is 48.5 Å². The zero-order chi connectivity index (χ0) is 26.0. The summed E-state index contributed by atoms with van der Waals surface area (Å²) in [7, 11) is -3.79. The molecule has 2 amide bonds. The SMILES string of the molecule is CCCCOC(=O)C(CC(N)=O)[C@@H](CC(=O)NS(C)(=O)=O)Cc1ccc(-c2cccc(Cl)c2)cc1. The summed E-state index contributed by atoms with van der Waals surface area (Å²) in [5.74, 6) is -3.83. The molecule has 0 fully saturated rings. The molecule has 0 heterocycles. The van der Waals surface area contributed by atoms with E-state index in [1.165, 1.54) is 0 Å². The van der Waals surface area contributed by atoms with E-state index in [9.17, 15) is 22.8 Å². The van der Waals surface area contributed by atoms with Crippen LogP contribution in [-0.4, -0.2) is 39.1 Å². The first-order valence-electron chi connectivity index (χ1n) is 11.3. The number of amides is 2. The largest absolute Gasteiger partial charge is 0.465 e. The molecule has 190 valence electrons. The van der Waals surface area contributed by atoms with Crippen LogP contribution < -0.4 is 10.5 Å². The van der Waals surface area contributed by atoms with Crippen molar-refractivity contribution in [3.63, 3.8) is 0 Å². The Kier molecular flexibility index (Phi) is 10.7. The minimum Gasteiger partial charge on any atom is -0.465 e. The molecule has 0 bridgehead atoms. The average Bonchev–Trinajstić information content (AvgIpc) is 2.76. The highest BCUT2D eigenvalue weighted by molar-refractivity contribution is 7.89. The van der Waals surface area contributed by atoms with Gasteiger partial charge in [-0.3, -0.25) is 19.1 Å². The van der Waals surface area contributed by atoms with E-state index in [2.05, 4.69) is 0 Å². The van der Waals surface area contributed by atoms with Gasteiger partial charge in [-0.25, -0.2) is 8.42 Å². The van der Waals surface area contributed by atoms with Crippen LogP contribution >= 0.6 is 11.6 Å². The molecule has 3 N–H and O–H groups in total. The number of primary amides is 1. The molecule has 2 aromatic rings. The highest BCUT2D eigenvalue weighted by Gasteiger charge is 2.33. The number of hydrogen-bond acceptors (Lipinski definition) is 6. The molecule has 0 saturated carbocycles. The molecule has 2 rings (SSSR count). The molecule has 8 nitrogen and oxygen atoms in total. The Morgan fingerprint density at radius 2 is 1.74 bits per heavy atom. The maximum atomic E-state index is 12.8. The molecule has 0 aliphatic rings. The fraction of sp³-hybridized carbons (Fsp3) is 0.400. The number of rotatable bonds is 13. The first-order chi connectivity index (χ1) is 16.5. The van der Waals surface area contributed by atoms with Crippen LogP contribution in [0, 0.1) is 11.8 Å². The van der Waals surface area contributed by atoms with Crippen molar-refractivity contribution in [2.45, 2.75) is 39.0 Å². The first-order valence-corrected chi connectivity index (χ1v) is 13.6. The number of halogens is 1. The predicted octanol–water partition coefficient (Wildman–Crippen LogP) is 3.47. The summed E-state index contributed by atoms with van der Waals surface area (Å²) in [5, 5.41) is 0.611. The van der Waals surface area contributed by atoms with E-state index in [1.54, 1.807) is 6.07 Å². The molecule has 0 spiro atoms. The van der Waals surface area contributed by atoms with Crippen LogP contribution in [0.3, 0.4) is 0 Å². The van der Waals surface area contributed by atoms with Gasteiger partial charge in [0.2, 0.25) is 21.8 Å². The summed E-state index contributed by atoms with van der Waals surface area (Å²) in [5.41, 5.74) is 8.04. The van der Waals surface area contributed by atoms with Crippen LogP contribution in [0.5, 0.6) is 0 Å². The minimum atomic E-state index is -3.79. The Hall–Kier alpha value is -2.91. The van der Waals surface area contributed by atoms with Gasteiger partial charge in [-0.15, -0.1) is 0 Å². The second-order valence-electron chi connectivity index (χ2n) is 8.47. The Morgan fingerprint density at radius 1 is 1.06 bits per heavy atom. The maximum absolute atomic E-state index is 12.8. The van der Waals surface area contributed by atoms with E-state index in [0.29, 0.717) is 11.4 Å². The molecular weight excluding hydrogens is 492 g/mol. The van der Waals surface area contributed by atoms with E-state index >= 15 is 0 Å². The van der Waals surface area contributed by atoms with Crippen LogP contribution in [0.25, 0.3) is 11.1 Å². The molecular formula is C25H31ClN2O6S.